The van der Waals surface area contributed by atoms with E-state index in [4.69, 9.17) is 5.11 Å². The highest BCUT2D eigenvalue weighted by molar-refractivity contribution is 7.89. The average Bonchev–Trinajstić information content (AvgIpc) is 2.84. The molecule has 0 amide bonds. The van der Waals surface area contributed by atoms with Gasteiger partial charge in [0, 0.05) is 19.7 Å². The summed E-state index contributed by atoms with van der Waals surface area (Å²) >= 11 is 0. The van der Waals surface area contributed by atoms with Crippen LogP contribution in [0.15, 0.2) is 17.3 Å². The molecule has 7 heteroatoms. The quantitative estimate of drug-likeness (QED) is 0.808. The van der Waals surface area contributed by atoms with Crippen LogP contribution in [0, 0.1) is 5.92 Å². The highest BCUT2D eigenvalue weighted by Gasteiger charge is 2.30. The predicted molar refractivity (Wildman–Crippen MR) is 61.8 cm³/mol. The molecule has 0 saturated carbocycles. The number of H-pyrrole nitrogens is 1. The van der Waals surface area contributed by atoms with Gasteiger partial charge in [-0.1, -0.05) is 0 Å². The number of aliphatic hydroxyl groups excluding tert-OH is 1. The molecule has 0 radical (unpaired) electrons. The fourth-order valence-electron chi connectivity index (χ4n) is 2.19. The Bertz CT molecular complexity index is 441. The first-order valence-corrected chi connectivity index (χ1v) is 7.19. The van der Waals surface area contributed by atoms with Crippen LogP contribution in [-0.4, -0.2) is 47.7 Å². The number of rotatable bonds is 4. The molecule has 0 aromatic carbocycles. The molecule has 6 nitrogen and oxygen atoms in total. The van der Waals surface area contributed by atoms with E-state index in [0.717, 1.165) is 12.8 Å². The van der Waals surface area contributed by atoms with Crippen LogP contribution in [-0.2, 0) is 10.0 Å². The number of aromatic nitrogens is 2. The summed E-state index contributed by atoms with van der Waals surface area (Å²) in [6, 6.07) is 1.46. The zero-order valence-electron chi connectivity index (χ0n) is 9.54. The number of sulfonamides is 1. The van der Waals surface area contributed by atoms with Gasteiger partial charge in [0.1, 0.15) is 0 Å². The number of hydrogen-bond donors (Lipinski definition) is 2. The van der Waals surface area contributed by atoms with E-state index >= 15 is 0 Å². The first kappa shape index (κ1) is 12.5. The van der Waals surface area contributed by atoms with Crippen molar-refractivity contribution < 1.29 is 13.5 Å². The fourth-order valence-corrected chi connectivity index (χ4v) is 3.64. The zero-order chi connectivity index (χ0) is 12.3. The van der Waals surface area contributed by atoms with Crippen molar-refractivity contribution >= 4 is 10.0 Å². The molecule has 0 bridgehead atoms. The molecule has 2 N–H and O–H groups in total. The van der Waals surface area contributed by atoms with Crippen molar-refractivity contribution in [2.75, 3.05) is 19.7 Å². The lowest BCUT2D eigenvalue weighted by Gasteiger charge is -2.31. The summed E-state index contributed by atoms with van der Waals surface area (Å²) in [7, 11) is -3.44. The minimum atomic E-state index is -3.44. The molecular formula is C10H17N3O3S. The summed E-state index contributed by atoms with van der Waals surface area (Å²) in [6.07, 6.45) is 3.92. The van der Waals surface area contributed by atoms with Crippen LogP contribution in [0.2, 0.25) is 0 Å². The van der Waals surface area contributed by atoms with Crippen LogP contribution in [0.5, 0.6) is 0 Å². The lowest BCUT2D eigenvalue weighted by Crippen LogP contribution is -2.40. The molecule has 1 aliphatic rings. The van der Waals surface area contributed by atoms with Crippen LogP contribution in [0.3, 0.4) is 0 Å². The summed E-state index contributed by atoms with van der Waals surface area (Å²) in [6.45, 7) is 1.15. The predicted octanol–water partition coefficient (Wildman–Crippen LogP) is 0.193. The molecule has 1 aromatic rings. The monoisotopic (exact) mass is 259 g/mol. The highest BCUT2D eigenvalue weighted by Crippen LogP contribution is 2.24. The smallest absolute Gasteiger partial charge is 0.259 e. The van der Waals surface area contributed by atoms with Gasteiger partial charge in [0.25, 0.3) is 10.0 Å². The lowest BCUT2D eigenvalue weighted by molar-refractivity contribution is 0.202. The number of piperidine rings is 1. The van der Waals surface area contributed by atoms with Gasteiger partial charge in [-0.3, -0.25) is 5.10 Å². The molecule has 1 unspecified atom stereocenters. The van der Waals surface area contributed by atoms with Gasteiger partial charge < -0.3 is 5.11 Å². The Kier molecular flexibility index (Phi) is 3.80. The van der Waals surface area contributed by atoms with Crippen LogP contribution in [0.25, 0.3) is 0 Å². The van der Waals surface area contributed by atoms with Crippen LogP contribution < -0.4 is 0 Å². The number of nitrogens with one attached hydrogen (secondary N) is 1. The van der Waals surface area contributed by atoms with Gasteiger partial charge in [0.05, 0.1) is 6.20 Å². The first-order valence-electron chi connectivity index (χ1n) is 5.75. The van der Waals surface area contributed by atoms with Crippen molar-refractivity contribution in [2.24, 2.45) is 5.92 Å². The summed E-state index contributed by atoms with van der Waals surface area (Å²) in [5.74, 6) is 0.256. The van der Waals surface area contributed by atoms with Crippen molar-refractivity contribution in [3.05, 3.63) is 12.3 Å². The molecule has 17 heavy (non-hydrogen) atoms. The third kappa shape index (κ3) is 2.67. The fraction of sp³-hybridized carbons (Fsp3) is 0.700. The maximum absolute atomic E-state index is 12.2. The highest BCUT2D eigenvalue weighted by atomic mass is 32.2. The van der Waals surface area contributed by atoms with E-state index < -0.39 is 10.0 Å². The molecular weight excluding hydrogens is 242 g/mol. The van der Waals surface area contributed by atoms with E-state index in [1.807, 2.05) is 0 Å². The molecule has 1 atom stereocenters. The largest absolute Gasteiger partial charge is 0.396 e. The maximum atomic E-state index is 12.2. The van der Waals surface area contributed by atoms with Gasteiger partial charge in [-0.25, -0.2) is 8.42 Å². The van der Waals surface area contributed by atoms with E-state index in [2.05, 4.69) is 10.2 Å². The van der Waals surface area contributed by atoms with E-state index in [1.165, 1.54) is 16.6 Å². The molecule has 1 aromatic heterocycles. The average molecular weight is 259 g/mol. The SMILES string of the molecule is O=S(=O)(c1ccn[nH]1)N1CCCC(CCO)C1. The molecule has 96 valence electrons. The van der Waals surface area contributed by atoms with Gasteiger partial charge in [0.2, 0.25) is 0 Å². The molecule has 2 rings (SSSR count). The van der Waals surface area contributed by atoms with Crippen molar-refractivity contribution in [3.8, 4) is 0 Å². The standard InChI is InChI=1S/C10H17N3O3S/c14-7-4-9-2-1-6-13(8-9)17(15,16)10-3-5-11-12-10/h3,5,9,14H,1-2,4,6-8H2,(H,11,12). The van der Waals surface area contributed by atoms with Gasteiger partial charge in [-0.05, 0) is 31.2 Å². The Morgan fingerprint density at radius 1 is 1.59 bits per heavy atom. The Hall–Kier alpha value is -0.920. The second kappa shape index (κ2) is 5.16. The summed E-state index contributed by atoms with van der Waals surface area (Å²) in [5.41, 5.74) is 0. The van der Waals surface area contributed by atoms with Crippen LogP contribution in [0.1, 0.15) is 19.3 Å². The third-order valence-corrected chi connectivity index (χ3v) is 4.91. The Labute approximate surface area is 101 Å². The summed E-state index contributed by atoms with van der Waals surface area (Å²) in [5, 5.41) is 15.2. The molecule has 0 spiro atoms. The van der Waals surface area contributed by atoms with E-state index in [9.17, 15) is 8.42 Å². The topological polar surface area (TPSA) is 86.3 Å². The Morgan fingerprint density at radius 3 is 3.06 bits per heavy atom. The van der Waals surface area contributed by atoms with Gasteiger partial charge in [0.15, 0.2) is 5.03 Å². The third-order valence-electron chi connectivity index (χ3n) is 3.11. The van der Waals surface area contributed by atoms with Crippen molar-refractivity contribution in [1.82, 2.24) is 14.5 Å². The summed E-state index contributed by atoms with van der Waals surface area (Å²) < 4.78 is 25.9. The van der Waals surface area contributed by atoms with Crippen molar-refractivity contribution in [3.63, 3.8) is 0 Å². The molecule has 1 saturated heterocycles. The van der Waals surface area contributed by atoms with Gasteiger partial charge in [-0.15, -0.1) is 0 Å². The van der Waals surface area contributed by atoms with E-state index in [1.54, 1.807) is 0 Å². The van der Waals surface area contributed by atoms with Gasteiger partial charge >= 0.3 is 0 Å². The first-order chi connectivity index (χ1) is 8.14. The minimum Gasteiger partial charge on any atom is -0.396 e. The van der Waals surface area contributed by atoms with Gasteiger partial charge in [-0.2, -0.15) is 9.40 Å². The number of aromatic amines is 1. The van der Waals surface area contributed by atoms with Crippen molar-refractivity contribution in [2.45, 2.75) is 24.3 Å². The maximum Gasteiger partial charge on any atom is 0.259 e. The minimum absolute atomic E-state index is 0.114. The van der Waals surface area contributed by atoms with Crippen LogP contribution in [0.4, 0.5) is 0 Å². The lowest BCUT2D eigenvalue weighted by atomic mass is 9.97. The van der Waals surface area contributed by atoms with Crippen molar-refractivity contribution in [1.29, 1.82) is 0 Å². The Morgan fingerprint density at radius 2 is 2.41 bits per heavy atom. The Balaban J connectivity index is 2.12. The number of aliphatic hydroxyl groups is 1. The summed E-state index contributed by atoms with van der Waals surface area (Å²) in [4.78, 5) is 0. The molecule has 0 aliphatic carbocycles. The zero-order valence-corrected chi connectivity index (χ0v) is 10.4. The van der Waals surface area contributed by atoms with E-state index in [-0.39, 0.29) is 17.6 Å². The number of nitrogens with zero attached hydrogens (tertiary/aromatic N) is 2. The molecule has 1 fully saturated rings. The molecule has 2 heterocycles. The normalized spacial score (nSPS) is 22.8. The second-order valence-electron chi connectivity index (χ2n) is 4.30. The van der Waals surface area contributed by atoms with Crippen LogP contribution >= 0.6 is 0 Å². The second-order valence-corrected chi connectivity index (χ2v) is 6.21. The number of hydrogen-bond acceptors (Lipinski definition) is 4. The van der Waals surface area contributed by atoms with E-state index in [0.29, 0.717) is 19.5 Å². The molecule has 1 aliphatic heterocycles.